The molecule has 0 aliphatic rings. The van der Waals surface area contributed by atoms with Crippen molar-refractivity contribution < 1.29 is 26.8 Å². The van der Waals surface area contributed by atoms with Crippen LogP contribution >= 0.6 is 23.2 Å². The summed E-state index contributed by atoms with van der Waals surface area (Å²) in [5, 5.41) is 3.32. The highest BCUT2D eigenvalue weighted by atomic mass is 35.5. The number of sulfonamides is 1. The van der Waals surface area contributed by atoms with Crippen molar-refractivity contribution in [2.75, 3.05) is 23.7 Å². The Morgan fingerprint density at radius 3 is 2.22 bits per heavy atom. The fraction of sp³-hybridized carbons (Fsp3) is 0.417. The first kappa shape index (κ1) is 29.8. The van der Waals surface area contributed by atoms with Crippen LogP contribution in [0.1, 0.15) is 38.7 Å². The van der Waals surface area contributed by atoms with E-state index in [9.17, 15) is 26.8 Å². The van der Waals surface area contributed by atoms with Crippen LogP contribution in [0.5, 0.6) is 0 Å². The van der Waals surface area contributed by atoms with E-state index in [4.69, 9.17) is 23.2 Å². The second-order valence-electron chi connectivity index (χ2n) is 8.16. The van der Waals surface area contributed by atoms with Crippen LogP contribution in [0, 0.1) is 11.6 Å². The number of anilines is 1. The fourth-order valence-corrected chi connectivity index (χ4v) is 4.89. The minimum absolute atomic E-state index is 0.174. The minimum atomic E-state index is -4.09. The summed E-state index contributed by atoms with van der Waals surface area (Å²) in [5.41, 5.74) is 0.147. The summed E-state index contributed by atoms with van der Waals surface area (Å²) in [7, 11) is -4.09. The molecule has 0 aromatic heterocycles. The topological polar surface area (TPSA) is 86.8 Å². The molecule has 2 amide bonds. The number of carbonyl (C=O) groups excluding carboxylic acids is 2. The van der Waals surface area contributed by atoms with Gasteiger partial charge in [-0.15, -0.1) is 0 Å². The van der Waals surface area contributed by atoms with E-state index in [1.54, 1.807) is 25.1 Å². The fourth-order valence-electron chi connectivity index (χ4n) is 3.53. The zero-order valence-electron chi connectivity index (χ0n) is 20.2. The van der Waals surface area contributed by atoms with E-state index >= 15 is 0 Å². The van der Waals surface area contributed by atoms with E-state index in [0.29, 0.717) is 22.5 Å². The predicted molar refractivity (Wildman–Crippen MR) is 138 cm³/mol. The molecule has 0 aliphatic heterocycles. The van der Waals surface area contributed by atoms with Crippen molar-refractivity contribution in [2.24, 2.45) is 0 Å². The lowest BCUT2D eigenvalue weighted by Gasteiger charge is -2.33. The maximum atomic E-state index is 13.9. The van der Waals surface area contributed by atoms with Crippen molar-refractivity contribution in [3.05, 3.63) is 63.6 Å². The van der Waals surface area contributed by atoms with Gasteiger partial charge in [-0.05, 0) is 37.1 Å². The normalized spacial score (nSPS) is 12.2. The molecule has 7 nitrogen and oxygen atoms in total. The molecule has 36 heavy (non-hydrogen) atoms. The Bertz CT molecular complexity index is 1180. The maximum absolute atomic E-state index is 13.9. The van der Waals surface area contributed by atoms with Crippen LogP contribution in [0.15, 0.2) is 36.4 Å². The number of benzene rings is 2. The van der Waals surface area contributed by atoms with Gasteiger partial charge in [0, 0.05) is 34.8 Å². The predicted octanol–water partition coefficient (Wildman–Crippen LogP) is 4.76. The van der Waals surface area contributed by atoms with Crippen LogP contribution in [-0.2, 0) is 26.2 Å². The van der Waals surface area contributed by atoms with Gasteiger partial charge in [0.25, 0.3) is 0 Å². The second-order valence-corrected chi connectivity index (χ2v) is 10.9. The number of hydrogen-bond acceptors (Lipinski definition) is 4. The number of unbranched alkanes of at least 4 members (excludes halogenated alkanes) is 1. The van der Waals surface area contributed by atoms with Gasteiger partial charge in [0.1, 0.15) is 12.6 Å². The first-order valence-corrected chi connectivity index (χ1v) is 13.9. The zero-order valence-corrected chi connectivity index (χ0v) is 22.6. The lowest BCUT2D eigenvalue weighted by atomic mass is 10.1. The third-order valence-corrected chi connectivity index (χ3v) is 7.32. The van der Waals surface area contributed by atoms with Crippen molar-refractivity contribution in [1.29, 1.82) is 0 Å². The molecule has 0 spiro atoms. The number of nitrogens with zero attached hydrogens (tertiary/aromatic N) is 2. The smallest absolute Gasteiger partial charge is 0.244 e. The molecule has 0 heterocycles. The molecule has 2 rings (SSSR count). The summed E-state index contributed by atoms with van der Waals surface area (Å²) >= 11 is 12.6. The van der Waals surface area contributed by atoms with Gasteiger partial charge in [0.05, 0.1) is 11.9 Å². The van der Waals surface area contributed by atoms with Crippen LogP contribution in [0.3, 0.4) is 0 Å². The number of rotatable bonds is 12. The van der Waals surface area contributed by atoms with E-state index in [1.165, 1.54) is 4.90 Å². The van der Waals surface area contributed by atoms with Crippen LogP contribution in [0.2, 0.25) is 10.0 Å². The van der Waals surface area contributed by atoms with Crippen LogP contribution in [0.25, 0.3) is 0 Å². The number of halogens is 4. The first-order valence-electron chi connectivity index (χ1n) is 11.3. The maximum Gasteiger partial charge on any atom is 0.244 e. The molecule has 0 radical (unpaired) electrons. The Morgan fingerprint density at radius 1 is 1.06 bits per heavy atom. The van der Waals surface area contributed by atoms with E-state index < -0.39 is 46.1 Å². The molecule has 2 aromatic rings. The zero-order chi connectivity index (χ0) is 27.0. The van der Waals surface area contributed by atoms with Gasteiger partial charge >= 0.3 is 0 Å². The molecule has 12 heteroatoms. The molecule has 0 saturated heterocycles. The average molecular weight is 564 g/mol. The Hall–Kier alpha value is -2.43. The minimum Gasteiger partial charge on any atom is -0.354 e. The molecule has 0 fully saturated rings. The average Bonchev–Trinajstić information content (AvgIpc) is 2.80. The Balaban J connectivity index is 2.48. The summed E-state index contributed by atoms with van der Waals surface area (Å²) in [6.07, 6.45) is 2.65. The van der Waals surface area contributed by atoms with Crippen LogP contribution < -0.4 is 9.62 Å². The SMILES string of the molecule is CCCCNC(=O)[C@@H](CC)N(Cc1c(Cl)cccc1Cl)C(=O)CN(c1ccc(F)c(F)c1)S(C)(=O)=O. The van der Waals surface area contributed by atoms with Crippen molar-refractivity contribution in [3.8, 4) is 0 Å². The van der Waals surface area contributed by atoms with E-state index in [-0.39, 0.29) is 28.7 Å². The van der Waals surface area contributed by atoms with Gasteiger partial charge < -0.3 is 10.2 Å². The molecule has 0 unspecified atom stereocenters. The lowest BCUT2D eigenvalue weighted by molar-refractivity contribution is -0.140. The van der Waals surface area contributed by atoms with Gasteiger partial charge in [-0.2, -0.15) is 0 Å². The van der Waals surface area contributed by atoms with Gasteiger partial charge in [0.15, 0.2) is 11.6 Å². The second kappa shape index (κ2) is 13.2. The summed E-state index contributed by atoms with van der Waals surface area (Å²) < 4.78 is 53.0. The molecule has 0 aliphatic carbocycles. The summed E-state index contributed by atoms with van der Waals surface area (Å²) in [5.74, 6) is -3.60. The molecular weight excluding hydrogens is 535 g/mol. The van der Waals surface area contributed by atoms with Crippen molar-refractivity contribution in [2.45, 2.75) is 45.7 Å². The standard InChI is InChI=1S/C24H29Cl2F2N3O4S/c1-4-6-12-29-24(33)22(5-2)30(14-17-18(25)8-7-9-19(17)26)23(32)15-31(36(3,34)35)16-10-11-20(27)21(28)13-16/h7-11,13,22H,4-6,12,14-15H2,1-3H3,(H,29,33)/t22-/m1/s1. The number of nitrogens with one attached hydrogen (secondary N) is 1. The molecule has 0 bridgehead atoms. The molecule has 2 aromatic carbocycles. The Morgan fingerprint density at radius 2 is 1.69 bits per heavy atom. The van der Waals surface area contributed by atoms with Gasteiger partial charge in [-0.3, -0.25) is 13.9 Å². The quantitative estimate of drug-likeness (QED) is 0.377. The van der Waals surface area contributed by atoms with E-state index in [0.717, 1.165) is 31.2 Å². The van der Waals surface area contributed by atoms with Gasteiger partial charge in [0.2, 0.25) is 21.8 Å². The lowest BCUT2D eigenvalue weighted by Crippen LogP contribution is -2.52. The molecule has 198 valence electrons. The number of carbonyl (C=O) groups is 2. The Kier molecular flexibility index (Phi) is 10.9. The van der Waals surface area contributed by atoms with Crippen molar-refractivity contribution in [3.63, 3.8) is 0 Å². The van der Waals surface area contributed by atoms with E-state index in [1.807, 2.05) is 6.92 Å². The number of amides is 2. The highest BCUT2D eigenvalue weighted by molar-refractivity contribution is 7.92. The van der Waals surface area contributed by atoms with Gasteiger partial charge in [-0.25, -0.2) is 17.2 Å². The highest BCUT2D eigenvalue weighted by Gasteiger charge is 2.32. The third kappa shape index (κ3) is 7.78. The molecule has 1 N–H and O–H groups in total. The first-order chi connectivity index (χ1) is 16.9. The summed E-state index contributed by atoms with van der Waals surface area (Å²) in [6.45, 7) is 3.15. The summed E-state index contributed by atoms with van der Waals surface area (Å²) in [4.78, 5) is 27.8. The van der Waals surface area contributed by atoms with Gasteiger partial charge in [-0.1, -0.05) is 49.5 Å². The van der Waals surface area contributed by atoms with Crippen LogP contribution in [-0.4, -0.2) is 50.5 Å². The summed E-state index contributed by atoms with van der Waals surface area (Å²) in [6, 6.07) is 6.34. The number of hydrogen-bond donors (Lipinski definition) is 1. The van der Waals surface area contributed by atoms with Crippen molar-refractivity contribution >= 4 is 50.7 Å². The monoisotopic (exact) mass is 563 g/mol. The molecular formula is C24H29Cl2F2N3O4S. The largest absolute Gasteiger partial charge is 0.354 e. The highest BCUT2D eigenvalue weighted by Crippen LogP contribution is 2.28. The van der Waals surface area contributed by atoms with Crippen LogP contribution in [0.4, 0.5) is 14.5 Å². The Labute approximate surface area is 220 Å². The molecule has 1 atom stereocenters. The van der Waals surface area contributed by atoms with E-state index in [2.05, 4.69) is 5.32 Å². The van der Waals surface area contributed by atoms with Crippen molar-refractivity contribution in [1.82, 2.24) is 10.2 Å². The molecule has 0 saturated carbocycles. The third-order valence-electron chi connectivity index (χ3n) is 5.48.